The molecule has 1 aliphatic rings. The van der Waals surface area contributed by atoms with Crippen LogP contribution in [-0.2, 0) is 17.7 Å². The second-order valence-corrected chi connectivity index (χ2v) is 4.03. The van der Waals surface area contributed by atoms with Gasteiger partial charge in [0, 0.05) is 20.6 Å². The minimum absolute atomic E-state index is 0. The molecule has 1 atom stereocenters. The van der Waals surface area contributed by atoms with Crippen molar-refractivity contribution in [3.05, 3.63) is 29.3 Å². The number of hydrogen-bond donors (Lipinski definition) is 1. The number of ether oxygens (including phenoxy) is 1. The molecule has 0 amide bonds. The van der Waals surface area contributed by atoms with Gasteiger partial charge < -0.3 is 10.1 Å². The van der Waals surface area contributed by atoms with Crippen LogP contribution < -0.4 is 5.32 Å². The van der Waals surface area contributed by atoms with E-state index in [2.05, 4.69) is 10.3 Å². The first-order valence-corrected chi connectivity index (χ1v) is 5.75. The van der Waals surface area contributed by atoms with E-state index in [1.807, 2.05) is 6.92 Å². The molecule has 1 fully saturated rings. The van der Waals surface area contributed by atoms with Crippen molar-refractivity contribution in [3.63, 3.8) is 0 Å². The fourth-order valence-electron chi connectivity index (χ4n) is 1.82. The Hall–Kier alpha value is -1.00. The zero-order chi connectivity index (χ0) is 11.4. The summed E-state index contributed by atoms with van der Waals surface area (Å²) in [4.78, 5) is 4.27. The second kappa shape index (κ2) is 5.37. The summed E-state index contributed by atoms with van der Waals surface area (Å²) < 4.78 is 18.5. The molecule has 2 heterocycles. The maximum Gasteiger partial charge on any atom is 0.144 e. The molecule has 0 bridgehead atoms. The zero-order valence-electron chi connectivity index (χ0n) is 9.50. The van der Waals surface area contributed by atoms with Gasteiger partial charge in [-0.15, -0.1) is 0 Å². The number of nitrogens with zero attached hydrogens (tertiary/aromatic N) is 1. The normalized spacial score (nSPS) is 20.2. The van der Waals surface area contributed by atoms with Gasteiger partial charge >= 0.3 is 0 Å². The standard InChI is InChI=1S/C12H17FN2O.H2/c1-2-12-11(13)4-3-9(15-12)7-14-10-5-6-16-8-10;/h3-4,10,14H,2,5-8H2,1H3;1H/t10-;/m0./s1. The van der Waals surface area contributed by atoms with Gasteiger partial charge in [0.15, 0.2) is 0 Å². The van der Waals surface area contributed by atoms with E-state index in [1.165, 1.54) is 6.07 Å². The first kappa shape index (κ1) is 11.5. The second-order valence-electron chi connectivity index (χ2n) is 4.03. The Kier molecular flexibility index (Phi) is 3.85. The van der Waals surface area contributed by atoms with Crippen LogP contribution in [0.4, 0.5) is 4.39 Å². The average Bonchev–Trinajstić information content (AvgIpc) is 2.81. The Morgan fingerprint density at radius 1 is 1.62 bits per heavy atom. The predicted octanol–water partition coefficient (Wildman–Crippen LogP) is 1.91. The molecule has 4 heteroatoms. The van der Waals surface area contributed by atoms with Gasteiger partial charge in [-0.1, -0.05) is 6.92 Å². The molecule has 0 saturated carbocycles. The van der Waals surface area contributed by atoms with Gasteiger partial charge in [-0.25, -0.2) is 4.39 Å². The Morgan fingerprint density at radius 3 is 3.19 bits per heavy atom. The highest BCUT2D eigenvalue weighted by molar-refractivity contribution is 5.13. The number of pyridine rings is 1. The predicted molar refractivity (Wildman–Crippen MR) is 61.8 cm³/mol. The lowest BCUT2D eigenvalue weighted by Crippen LogP contribution is -2.29. The molecule has 16 heavy (non-hydrogen) atoms. The molecule has 0 spiro atoms. The highest BCUT2D eigenvalue weighted by Gasteiger charge is 2.14. The topological polar surface area (TPSA) is 34.2 Å². The van der Waals surface area contributed by atoms with Crippen molar-refractivity contribution in [2.45, 2.75) is 32.4 Å². The first-order valence-electron chi connectivity index (χ1n) is 5.75. The maximum atomic E-state index is 13.2. The molecule has 0 unspecified atom stereocenters. The van der Waals surface area contributed by atoms with Crippen molar-refractivity contribution < 1.29 is 10.6 Å². The number of rotatable bonds is 4. The molecule has 1 aromatic heterocycles. The van der Waals surface area contributed by atoms with Crippen LogP contribution in [0.5, 0.6) is 0 Å². The lowest BCUT2D eigenvalue weighted by atomic mass is 10.2. The highest BCUT2D eigenvalue weighted by Crippen LogP contribution is 2.08. The molecule has 3 nitrogen and oxygen atoms in total. The summed E-state index contributed by atoms with van der Waals surface area (Å²) in [5.74, 6) is -0.213. The van der Waals surface area contributed by atoms with Crippen molar-refractivity contribution in [3.8, 4) is 0 Å². The van der Waals surface area contributed by atoms with Crippen LogP contribution in [0.15, 0.2) is 12.1 Å². The maximum absolute atomic E-state index is 13.2. The van der Waals surface area contributed by atoms with E-state index in [9.17, 15) is 4.39 Å². The van der Waals surface area contributed by atoms with Gasteiger partial charge in [0.1, 0.15) is 5.82 Å². The molecule has 0 radical (unpaired) electrons. The molecule has 0 aromatic carbocycles. The summed E-state index contributed by atoms with van der Waals surface area (Å²) in [5.41, 5.74) is 1.44. The third-order valence-electron chi connectivity index (χ3n) is 2.81. The Bertz CT molecular complexity index is 356. The third kappa shape index (κ3) is 2.77. The minimum Gasteiger partial charge on any atom is -0.380 e. The molecular formula is C12H19FN2O. The molecule has 1 aromatic rings. The third-order valence-corrected chi connectivity index (χ3v) is 2.81. The minimum atomic E-state index is -0.213. The largest absolute Gasteiger partial charge is 0.380 e. The molecule has 1 N–H and O–H groups in total. The molecule has 1 saturated heterocycles. The van der Waals surface area contributed by atoms with E-state index < -0.39 is 0 Å². The van der Waals surface area contributed by atoms with E-state index in [0.29, 0.717) is 24.7 Å². The Labute approximate surface area is 96.5 Å². The van der Waals surface area contributed by atoms with Gasteiger partial charge in [0.05, 0.1) is 18.0 Å². The van der Waals surface area contributed by atoms with Crippen molar-refractivity contribution in [2.75, 3.05) is 13.2 Å². The molecule has 90 valence electrons. The van der Waals surface area contributed by atoms with Gasteiger partial charge in [-0.3, -0.25) is 4.98 Å². The Balaban J connectivity index is 0.00000144. The quantitative estimate of drug-likeness (QED) is 0.851. The lowest BCUT2D eigenvalue weighted by molar-refractivity contribution is 0.189. The summed E-state index contributed by atoms with van der Waals surface area (Å²) in [6.45, 7) is 4.19. The fraction of sp³-hybridized carbons (Fsp3) is 0.583. The van der Waals surface area contributed by atoms with Crippen LogP contribution in [0.2, 0.25) is 0 Å². The van der Waals surface area contributed by atoms with Crippen LogP contribution in [0.3, 0.4) is 0 Å². The average molecular weight is 226 g/mol. The van der Waals surface area contributed by atoms with Crippen molar-refractivity contribution >= 4 is 0 Å². The monoisotopic (exact) mass is 226 g/mol. The van der Waals surface area contributed by atoms with E-state index in [4.69, 9.17) is 4.74 Å². The summed E-state index contributed by atoms with van der Waals surface area (Å²) in [7, 11) is 0. The number of hydrogen-bond acceptors (Lipinski definition) is 3. The van der Waals surface area contributed by atoms with E-state index in [-0.39, 0.29) is 7.24 Å². The van der Waals surface area contributed by atoms with E-state index in [0.717, 1.165) is 25.3 Å². The zero-order valence-corrected chi connectivity index (χ0v) is 9.50. The number of aryl methyl sites for hydroxylation is 1. The van der Waals surface area contributed by atoms with Crippen LogP contribution in [-0.4, -0.2) is 24.2 Å². The summed E-state index contributed by atoms with van der Waals surface area (Å²) >= 11 is 0. The fourth-order valence-corrected chi connectivity index (χ4v) is 1.82. The molecule has 0 aliphatic carbocycles. The van der Waals surface area contributed by atoms with Crippen LogP contribution in [0.25, 0.3) is 0 Å². The molecule has 1 aliphatic heterocycles. The van der Waals surface area contributed by atoms with Gasteiger partial charge in [0.2, 0.25) is 0 Å². The highest BCUT2D eigenvalue weighted by atomic mass is 19.1. The van der Waals surface area contributed by atoms with Gasteiger partial charge in [-0.05, 0) is 25.0 Å². The van der Waals surface area contributed by atoms with Crippen molar-refractivity contribution in [2.24, 2.45) is 0 Å². The van der Waals surface area contributed by atoms with Gasteiger partial charge in [-0.2, -0.15) is 0 Å². The summed E-state index contributed by atoms with van der Waals surface area (Å²) in [5, 5.41) is 3.36. The van der Waals surface area contributed by atoms with Crippen LogP contribution in [0, 0.1) is 5.82 Å². The van der Waals surface area contributed by atoms with Crippen LogP contribution >= 0.6 is 0 Å². The smallest absolute Gasteiger partial charge is 0.144 e. The van der Waals surface area contributed by atoms with E-state index in [1.54, 1.807) is 6.07 Å². The summed E-state index contributed by atoms with van der Waals surface area (Å²) in [6, 6.07) is 3.64. The number of aromatic nitrogens is 1. The molecule has 2 rings (SSSR count). The first-order chi connectivity index (χ1) is 7.79. The SMILES string of the molecule is CCc1nc(CN[C@H]2CCOC2)ccc1F.[HH]. The lowest BCUT2D eigenvalue weighted by Gasteiger charge is -2.10. The molecular weight excluding hydrogens is 207 g/mol. The summed E-state index contributed by atoms with van der Waals surface area (Å²) in [6.07, 6.45) is 1.67. The van der Waals surface area contributed by atoms with Crippen molar-refractivity contribution in [1.29, 1.82) is 0 Å². The van der Waals surface area contributed by atoms with Gasteiger partial charge in [0.25, 0.3) is 0 Å². The van der Waals surface area contributed by atoms with Crippen LogP contribution in [0.1, 0.15) is 26.2 Å². The Morgan fingerprint density at radius 2 is 2.50 bits per heavy atom. The number of nitrogens with one attached hydrogen (secondary N) is 1. The number of halogens is 1. The van der Waals surface area contributed by atoms with Crippen molar-refractivity contribution in [1.82, 2.24) is 10.3 Å². The van der Waals surface area contributed by atoms with E-state index >= 15 is 0 Å².